The number of carbonyl (C=O) groups excluding carboxylic acids is 3. The summed E-state index contributed by atoms with van der Waals surface area (Å²) in [5, 5.41) is 0. The Balaban J connectivity index is 0.00000225. The highest BCUT2D eigenvalue weighted by Crippen LogP contribution is 2.24. The fourth-order valence-corrected chi connectivity index (χ4v) is 3.75. The van der Waals surface area contributed by atoms with E-state index in [-0.39, 0.29) is 42.7 Å². The summed E-state index contributed by atoms with van der Waals surface area (Å²) in [7, 11) is 0. The van der Waals surface area contributed by atoms with Crippen LogP contribution in [-0.4, -0.2) is 46.7 Å². The van der Waals surface area contributed by atoms with E-state index in [1.54, 1.807) is 47.4 Å². The summed E-state index contributed by atoms with van der Waals surface area (Å²) in [6.45, 7) is 1.41. The highest BCUT2D eigenvalue weighted by Gasteiger charge is 2.35. The molecule has 0 saturated carbocycles. The largest absolute Gasteiger partial charge is 0.337 e. The van der Waals surface area contributed by atoms with Gasteiger partial charge >= 0.3 is 0 Å². The number of nitrogens with zero attached hydrogens (tertiary/aromatic N) is 2. The number of carbonyl (C=O) groups is 3. The molecule has 3 amide bonds. The second-order valence-corrected chi connectivity index (χ2v) is 7.10. The van der Waals surface area contributed by atoms with E-state index in [0.29, 0.717) is 29.8 Å². The number of rotatable bonds is 3. The van der Waals surface area contributed by atoms with Gasteiger partial charge in [-0.25, -0.2) is 0 Å². The number of piperidine rings is 1. The van der Waals surface area contributed by atoms with E-state index in [9.17, 15) is 14.4 Å². The Morgan fingerprint density at radius 1 is 1.04 bits per heavy atom. The molecule has 1 saturated heterocycles. The molecule has 6 nitrogen and oxygen atoms in total. The summed E-state index contributed by atoms with van der Waals surface area (Å²) in [5.41, 5.74) is 8.13. The van der Waals surface area contributed by atoms with Crippen LogP contribution in [0.1, 0.15) is 49.5 Å². The van der Waals surface area contributed by atoms with Crippen molar-refractivity contribution in [3.8, 4) is 0 Å². The van der Waals surface area contributed by atoms with Crippen LogP contribution in [0.2, 0.25) is 0 Å². The topological polar surface area (TPSA) is 83.7 Å². The molecule has 28 heavy (non-hydrogen) atoms. The normalized spacial score (nSPS) is 18.7. The first-order chi connectivity index (χ1) is 13.0. The molecular weight excluding hydrogens is 378 g/mol. The minimum absolute atomic E-state index is 0. The maximum Gasteiger partial charge on any atom is 0.261 e. The fourth-order valence-electron chi connectivity index (χ4n) is 3.75. The number of imide groups is 1. The Morgan fingerprint density at radius 2 is 1.71 bits per heavy atom. The highest BCUT2D eigenvalue weighted by molar-refractivity contribution is 6.21. The number of likely N-dealkylation sites (tertiary alicyclic amines) is 1. The van der Waals surface area contributed by atoms with Crippen molar-refractivity contribution in [2.45, 2.75) is 25.4 Å². The predicted octanol–water partition coefficient (Wildman–Crippen LogP) is 2.47. The molecule has 0 aliphatic carbocycles. The Kier molecular flexibility index (Phi) is 5.82. The number of nitrogens with two attached hydrogens (primary N) is 1. The fraction of sp³-hybridized carbons (Fsp3) is 0.286. The Labute approximate surface area is 169 Å². The zero-order valence-electron chi connectivity index (χ0n) is 15.3. The Morgan fingerprint density at radius 3 is 2.36 bits per heavy atom. The lowest BCUT2D eigenvalue weighted by Gasteiger charge is -2.31. The molecule has 0 bridgehead atoms. The van der Waals surface area contributed by atoms with Gasteiger partial charge in [0.15, 0.2) is 0 Å². The number of benzene rings is 2. The third-order valence-electron chi connectivity index (χ3n) is 5.14. The molecular formula is C21H22ClN3O3. The standard InChI is InChI=1S/C21H21N3O3.ClH/c22-16-7-4-10-23(13-16)19(25)15-6-3-5-14(11-15)12-24-20(26)17-8-1-2-9-18(17)21(24)27;/h1-3,5-6,8-9,11,16H,4,7,10,12-13,22H2;1H. The number of halogens is 1. The summed E-state index contributed by atoms with van der Waals surface area (Å²) < 4.78 is 0. The SMILES string of the molecule is Cl.NC1CCCN(C(=O)c2cccc(CN3C(=O)c4ccccc4C3=O)c2)C1. The number of hydrogen-bond acceptors (Lipinski definition) is 4. The van der Waals surface area contributed by atoms with E-state index in [1.807, 2.05) is 6.07 Å². The van der Waals surface area contributed by atoms with E-state index in [1.165, 1.54) is 4.90 Å². The molecule has 4 rings (SSSR count). The van der Waals surface area contributed by atoms with E-state index in [0.717, 1.165) is 18.4 Å². The summed E-state index contributed by atoms with van der Waals surface area (Å²) in [4.78, 5) is 40.8. The van der Waals surface area contributed by atoms with E-state index in [2.05, 4.69) is 0 Å². The molecule has 146 valence electrons. The van der Waals surface area contributed by atoms with Gasteiger partial charge in [0.2, 0.25) is 0 Å². The molecule has 2 aliphatic rings. The molecule has 0 radical (unpaired) electrons. The molecule has 2 aromatic rings. The summed E-state index contributed by atoms with van der Waals surface area (Å²) in [6, 6.07) is 14.0. The number of amides is 3. The minimum atomic E-state index is -0.297. The van der Waals surface area contributed by atoms with E-state index < -0.39 is 0 Å². The molecule has 1 fully saturated rings. The average Bonchev–Trinajstić information content (AvgIpc) is 2.93. The van der Waals surface area contributed by atoms with Crippen LogP contribution >= 0.6 is 12.4 Å². The van der Waals surface area contributed by atoms with E-state index in [4.69, 9.17) is 5.73 Å². The number of hydrogen-bond donors (Lipinski definition) is 1. The second-order valence-electron chi connectivity index (χ2n) is 7.10. The van der Waals surface area contributed by atoms with Gasteiger partial charge in [0.05, 0.1) is 17.7 Å². The highest BCUT2D eigenvalue weighted by atomic mass is 35.5. The second kappa shape index (κ2) is 8.12. The maximum atomic E-state index is 12.8. The summed E-state index contributed by atoms with van der Waals surface area (Å²) in [5.74, 6) is -0.655. The van der Waals surface area contributed by atoms with Crippen molar-refractivity contribution >= 4 is 30.1 Å². The van der Waals surface area contributed by atoms with Crippen LogP contribution in [-0.2, 0) is 6.54 Å². The molecule has 7 heteroatoms. The van der Waals surface area contributed by atoms with Gasteiger partial charge < -0.3 is 10.6 Å². The first-order valence-corrected chi connectivity index (χ1v) is 9.13. The van der Waals surface area contributed by atoms with Crippen molar-refractivity contribution < 1.29 is 14.4 Å². The Bertz CT molecular complexity index is 896. The summed E-state index contributed by atoms with van der Waals surface area (Å²) in [6.07, 6.45) is 1.84. The van der Waals surface area contributed by atoms with Gasteiger partial charge in [-0.15, -0.1) is 12.4 Å². The zero-order valence-corrected chi connectivity index (χ0v) is 16.2. The van der Waals surface area contributed by atoms with Gasteiger partial charge in [0, 0.05) is 24.7 Å². The Hall–Kier alpha value is -2.70. The first kappa shape index (κ1) is 20.0. The van der Waals surface area contributed by atoms with Crippen LogP contribution in [0.3, 0.4) is 0 Å². The molecule has 2 aliphatic heterocycles. The quantitative estimate of drug-likeness (QED) is 0.803. The first-order valence-electron chi connectivity index (χ1n) is 9.13. The van der Waals surface area contributed by atoms with Crippen LogP contribution in [0.4, 0.5) is 0 Å². The van der Waals surface area contributed by atoms with Gasteiger partial charge in [-0.3, -0.25) is 19.3 Å². The molecule has 1 atom stereocenters. The van der Waals surface area contributed by atoms with Gasteiger partial charge in [-0.2, -0.15) is 0 Å². The predicted molar refractivity (Wildman–Crippen MR) is 107 cm³/mol. The lowest BCUT2D eigenvalue weighted by molar-refractivity contribution is 0.0642. The van der Waals surface area contributed by atoms with Crippen LogP contribution in [0.25, 0.3) is 0 Å². The van der Waals surface area contributed by atoms with Crippen molar-refractivity contribution in [1.29, 1.82) is 0 Å². The van der Waals surface area contributed by atoms with Crippen molar-refractivity contribution in [3.05, 3.63) is 70.8 Å². The van der Waals surface area contributed by atoms with Gasteiger partial charge in [-0.05, 0) is 42.7 Å². The monoisotopic (exact) mass is 399 g/mol. The van der Waals surface area contributed by atoms with Gasteiger partial charge in [-0.1, -0.05) is 24.3 Å². The van der Waals surface area contributed by atoms with Gasteiger partial charge in [0.25, 0.3) is 17.7 Å². The maximum absolute atomic E-state index is 12.8. The number of fused-ring (bicyclic) bond motifs is 1. The summed E-state index contributed by atoms with van der Waals surface area (Å²) >= 11 is 0. The average molecular weight is 400 g/mol. The molecule has 2 aromatic carbocycles. The van der Waals surface area contributed by atoms with Gasteiger partial charge in [0.1, 0.15) is 0 Å². The van der Waals surface area contributed by atoms with E-state index >= 15 is 0 Å². The van der Waals surface area contributed by atoms with Crippen molar-refractivity contribution in [2.24, 2.45) is 5.73 Å². The third kappa shape index (κ3) is 3.66. The molecule has 1 unspecified atom stereocenters. The molecule has 2 heterocycles. The van der Waals surface area contributed by atoms with Crippen molar-refractivity contribution in [1.82, 2.24) is 9.80 Å². The lowest BCUT2D eigenvalue weighted by atomic mass is 10.0. The van der Waals surface area contributed by atoms with Crippen LogP contribution in [0, 0.1) is 0 Å². The molecule has 0 aromatic heterocycles. The lowest BCUT2D eigenvalue weighted by Crippen LogP contribution is -2.45. The third-order valence-corrected chi connectivity index (χ3v) is 5.14. The minimum Gasteiger partial charge on any atom is -0.337 e. The van der Waals surface area contributed by atoms with Crippen LogP contribution in [0.15, 0.2) is 48.5 Å². The zero-order chi connectivity index (χ0) is 19.0. The van der Waals surface area contributed by atoms with Crippen molar-refractivity contribution in [3.63, 3.8) is 0 Å². The van der Waals surface area contributed by atoms with Crippen LogP contribution < -0.4 is 5.73 Å². The van der Waals surface area contributed by atoms with Crippen molar-refractivity contribution in [2.75, 3.05) is 13.1 Å². The molecule has 0 spiro atoms. The molecule has 2 N–H and O–H groups in total. The smallest absolute Gasteiger partial charge is 0.261 e. The van der Waals surface area contributed by atoms with Crippen LogP contribution in [0.5, 0.6) is 0 Å².